The number of rotatable bonds is 5. The van der Waals surface area contributed by atoms with Crippen LogP contribution in [0.3, 0.4) is 0 Å². The highest BCUT2D eigenvalue weighted by Gasteiger charge is 2.05. The van der Waals surface area contributed by atoms with Gasteiger partial charge in [-0.2, -0.15) is 0 Å². The average molecular weight is 324 g/mol. The maximum absolute atomic E-state index is 13.3. The predicted octanol–water partition coefficient (Wildman–Crippen LogP) is 5.00. The van der Waals surface area contributed by atoms with E-state index in [1.54, 1.807) is 18.2 Å². The van der Waals surface area contributed by atoms with Crippen molar-refractivity contribution >= 4 is 35.4 Å². The lowest BCUT2D eigenvalue weighted by Crippen LogP contribution is -2.17. The predicted molar refractivity (Wildman–Crippen MR) is 89.5 cm³/mol. The molecule has 1 atom stereocenters. The molecule has 0 spiro atoms. The van der Waals surface area contributed by atoms with Gasteiger partial charge in [-0.25, -0.2) is 4.39 Å². The van der Waals surface area contributed by atoms with Crippen molar-refractivity contribution in [2.24, 2.45) is 5.73 Å². The highest BCUT2D eigenvalue weighted by atomic mass is 35.5. The van der Waals surface area contributed by atoms with Crippen LogP contribution in [-0.2, 0) is 6.42 Å². The van der Waals surface area contributed by atoms with Gasteiger partial charge in [0.05, 0.1) is 0 Å². The summed E-state index contributed by atoms with van der Waals surface area (Å²) in [6, 6.07) is 13.0. The highest BCUT2D eigenvalue weighted by Crippen LogP contribution is 2.26. The monoisotopic (exact) mass is 323 g/mol. The van der Waals surface area contributed by atoms with Gasteiger partial charge in [-0.1, -0.05) is 65.7 Å². The van der Waals surface area contributed by atoms with E-state index in [0.29, 0.717) is 16.5 Å². The van der Waals surface area contributed by atoms with Crippen molar-refractivity contribution in [2.75, 3.05) is 6.54 Å². The van der Waals surface area contributed by atoms with E-state index in [9.17, 15) is 4.39 Å². The molecule has 2 aromatic carbocycles. The fourth-order valence-electron chi connectivity index (χ4n) is 2.01. The molecule has 0 unspecified atom stereocenters. The molecule has 2 N–H and O–H groups in total. The van der Waals surface area contributed by atoms with Crippen molar-refractivity contribution in [1.29, 1.82) is 0 Å². The van der Waals surface area contributed by atoms with Crippen LogP contribution in [0.4, 0.5) is 4.39 Å². The molecule has 0 aliphatic heterocycles. The fraction of sp³-hybridized carbons (Fsp3) is 0.176. The maximum atomic E-state index is 13.3. The molecule has 0 aromatic heterocycles. The Morgan fingerprint density at radius 1 is 1.05 bits per heavy atom. The van der Waals surface area contributed by atoms with E-state index >= 15 is 0 Å². The number of benzene rings is 2. The first kappa shape index (κ1) is 16.0. The van der Waals surface area contributed by atoms with Crippen molar-refractivity contribution in [2.45, 2.75) is 12.6 Å². The maximum Gasteiger partial charge on any atom is 0.116 e. The third kappa shape index (κ3) is 4.57. The van der Waals surface area contributed by atoms with Crippen LogP contribution in [0.2, 0.25) is 10.0 Å². The SMILES string of the molecule is NC[C@@H](F)Cc1cccc(C=Cc2c(Cl)cccc2Cl)c1. The Kier molecular flexibility index (Phi) is 5.80. The second-order valence-corrected chi connectivity index (χ2v) is 5.57. The summed E-state index contributed by atoms with van der Waals surface area (Å²) in [5.41, 5.74) is 7.96. The Labute approximate surface area is 134 Å². The van der Waals surface area contributed by atoms with E-state index < -0.39 is 6.17 Å². The summed E-state index contributed by atoms with van der Waals surface area (Å²) >= 11 is 12.2. The quantitative estimate of drug-likeness (QED) is 0.769. The molecule has 0 heterocycles. The van der Waals surface area contributed by atoms with Crippen LogP contribution >= 0.6 is 23.2 Å². The smallest absolute Gasteiger partial charge is 0.116 e. The van der Waals surface area contributed by atoms with Crippen LogP contribution in [-0.4, -0.2) is 12.7 Å². The van der Waals surface area contributed by atoms with Gasteiger partial charge in [-0.15, -0.1) is 0 Å². The van der Waals surface area contributed by atoms with Crippen molar-refractivity contribution in [3.05, 3.63) is 69.2 Å². The number of halogens is 3. The first-order valence-electron chi connectivity index (χ1n) is 6.65. The molecule has 21 heavy (non-hydrogen) atoms. The minimum absolute atomic E-state index is 0.0370. The topological polar surface area (TPSA) is 26.0 Å². The Morgan fingerprint density at radius 2 is 1.71 bits per heavy atom. The molecule has 0 bridgehead atoms. The Bertz CT molecular complexity index is 620. The van der Waals surface area contributed by atoms with Crippen molar-refractivity contribution in [1.82, 2.24) is 0 Å². The molecule has 0 amide bonds. The number of hydrogen-bond donors (Lipinski definition) is 1. The summed E-state index contributed by atoms with van der Waals surface area (Å²) in [7, 11) is 0. The molecule has 110 valence electrons. The van der Waals surface area contributed by atoms with Gasteiger partial charge >= 0.3 is 0 Å². The second-order valence-electron chi connectivity index (χ2n) is 4.75. The van der Waals surface area contributed by atoms with Crippen LogP contribution in [0.15, 0.2) is 42.5 Å². The summed E-state index contributed by atoms with van der Waals surface area (Å²) < 4.78 is 13.3. The number of nitrogens with two attached hydrogens (primary N) is 1. The average Bonchev–Trinajstić information content (AvgIpc) is 2.47. The van der Waals surface area contributed by atoms with E-state index in [4.69, 9.17) is 28.9 Å². The first-order chi connectivity index (χ1) is 10.1. The first-order valence-corrected chi connectivity index (χ1v) is 7.41. The van der Waals surface area contributed by atoms with Crippen LogP contribution in [0.25, 0.3) is 12.2 Å². The molecule has 4 heteroatoms. The zero-order valence-electron chi connectivity index (χ0n) is 11.4. The summed E-state index contributed by atoms with van der Waals surface area (Å²) in [5, 5.41) is 1.20. The molecule has 2 rings (SSSR count). The summed E-state index contributed by atoms with van der Waals surface area (Å²) in [5.74, 6) is 0. The molecule has 1 nitrogen and oxygen atoms in total. The minimum atomic E-state index is -1.01. The fourth-order valence-corrected chi connectivity index (χ4v) is 2.54. The molecule has 2 aromatic rings. The molecule has 0 fully saturated rings. The second kappa shape index (κ2) is 7.60. The van der Waals surface area contributed by atoms with Crippen LogP contribution in [0, 0.1) is 0 Å². The van der Waals surface area contributed by atoms with Gasteiger partial charge in [0.2, 0.25) is 0 Å². The lowest BCUT2D eigenvalue weighted by atomic mass is 10.0. The van der Waals surface area contributed by atoms with Gasteiger partial charge in [0.15, 0.2) is 0 Å². The molecule has 0 aliphatic carbocycles. The van der Waals surface area contributed by atoms with Crippen molar-refractivity contribution < 1.29 is 4.39 Å². The van der Waals surface area contributed by atoms with Gasteiger partial charge < -0.3 is 5.73 Å². The molecule has 0 saturated carbocycles. The zero-order chi connectivity index (χ0) is 15.2. The Balaban J connectivity index is 2.19. The summed E-state index contributed by atoms with van der Waals surface area (Å²) in [6.07, 6.45) is 3.08. The van der Waals surface area contributed by atoms with E-state index in [-0.39, 0.29) is 6.54 Å². The van der Waals surface area contributed by atoms with Crippen LogP contribution in [0.5, 0.6) is 0 Å². The summed E-state index contributed by atoms with van der Waals surface area (Å²) in [6.45, 7) is 0.0370. The third-order valence-electron chi connectivity index (χ3n) is 3.11. The van der Waals surface area contributed by atoms with Crippen LogP contribution < -0.4 is 5.73 Å². The molecule has 0 aliphatic rings. The standard InChI is InChI=1S/C17H16Cl2FN/c18-16-5-2-6-17(19)15(16)8-7-12-3-1-4-13(9-12)10-14(20)11-21/h1-9,14H,10-11,21H2/t14-/m0/s1. The van der Waals surface area contributed by atoms with E-state index in [1.165, 1.54) is 0 Å². The minimum Gasteiger partial charge on any atom is -0.328 e. The van der Waals surface area contributed by atoms with Gasteiger partial charge in [0.1, 0.15) is 6.17 Å². The van der Waals surface area contributed by atoms with E-state index in [0.717, 1.165) is 16.7 Å². The number of alkyl halides is 1. The normalized spacial score (nSPS) is 12.8. The molecule has 0 saturated heterocycles. The highest BCUT2D eigenvalue weighted by molar-refractivity contribution is 6.37. The third-order valence-corrected chi connectivity index (χ3v) is 3.77. The molecule has 0 radical (unpaired) electrons. The lowest BCUT2D eigenvalue weighted by molar-refractivity contribution is 0.340. The van der Waals surface area contributed by atoms with Gasteiger partial charge in [-0.3, -0.25) is 0 Å². The zero-order valence-corrected chi connectivity index (χ0v) is 12.9. The van der Waals surface area contributed by atoms with Crippen molar-refractivity contribution in [3.8, 4) is 0 Å². The van der Waals surface area contributed by atoms with Crippen molar-refractivity contribution in [3.63, 3.8) is 0 Å². The molecular weight excluding hydrogens is 308 g/mol. The summed E-state index contributed by atoms with van der Waals surface area (Å²) in [4.78, 5) is 0. The number of hydrogen-bond acceptors (Lipinski definition) is 1. The van der Waals surface area contributed by atoms with Gasteiger partial charge in [-0.05, 0) is 23.3 Å². The van der Waals surface area contributed by atoms with Gasteiger partial charge in [0, 0.05) is 28.6 Å². The van der Waals surface area contributed by atoms with Crippen LogP contribution in [0.1, 0.15) is 16.7 Å². The molecular formula is C17H16Cl2FN. The lowest BCUT2D eigenvalue weighted by Gasteiger charge is -2.06. The largest absolute Gasteiger partial charge is 0.328 e. The Morgan fingerprint density at radius 3 is 2.38 bits per heavy atom. The van der Waals surface area contributed by atoms with Gasteiger partial charge in [0.25, 0.3) is 0 Å². The Hall–Kier alpha value is -1.35. The van der Waals surface area contributed by atoms with E-state index in [1.807, 2.05) is 36.4 Å². The van der Waals surface area contributed by atoms with E-state index in [2.05, 4.69) is 0 Å².